The number of rotatable bonds is 4. The fraction of sp³-hybridized carbons (Fsp3) is 0.500. The van der Waals surface area contributed by atoms with Gasteiger partial charge in [-0.05, 0) is 23.1 Å². The van der Waals surface area contributed by atoms with Crippen molar-refractivity contribution in [1.29, 1.82) is 0 Å². The first-order valence-corrected chi connectivity index (χ1v) is 7.22. The van der Waals surface area contributed by atoms with Gasteiger partial charge in [0, 0.05) is 26.3 Å². The fourth-order valence-electron chi connectivity index (χ4n) is 1.69. The molecular formula is C16H27ClN4O2. The third kappa shape index (κ3) is 6.88. The molecule has 0 aliphatic heterocycles. The highest BCUT2D eigenvalue weighted by Crippen LogP contribution is 2.17. The van der Waals surface area contributed by atoms with Crippen LogP contribution in [0.25, 0.3) is 0 Å². The van der Waals surface area contributed by atoms with Crippen LogP contribution in [-0.4, -0.2) is 37.0 Å². The summed E-state index contributed by atoms with van der Waals surface area (Å²) in [7, 11) is 3.35. The Morgan fingerprint density at radius 3 is 2.39 bits per heavy atom. The molecule has 130 valence electrons. The molecule has 0 saturated carbocycles. The number of anilines is 1. The van der Waals surface area contributed by atoms with E-state index in [1.807, 2.05) is 39.0 Å². The van der Waals surface area contributed by atoms with Gasteiger partial charge in [0.1, 0.15) is 0 Å². The van der Waals surface area contributed by atoms with Gasteiger partial charge in [0.2, 0.25) is 5.91 Å². The van der Waals surface area contributed by atoms with Crippen LogP contribution in [0.3, 0.4) is 0 Å². The number of carbonyl (C=O) groups is 2. The predicted molar refractivity (Wildman–Crippen MR) is 95.7 cm³/mol. The molecule has 0 unspecified atom stereocenters. The third-order valence-electron chi connectivity index (χ3n) is 3.27. The van der Waals surface area contributed by atoms with Gasteiger partial charge in [0.25, 0.3) is 0 Å². The lowest BCUT2D eigenvalue weighted by atomic mass is 9.87. The second kappa shape index (κ2) is 8.74. The molecule has 4 N–H and O–H groups in total. The Hall–Kier alpha value is -1.79. The normalized spacial score (nSPS) is 11.9. The molecule has 1 atom stereocenters. The topological polar surface area (TPSA) is 87.5 Å². The largest absolute Gasteiger partial charge is 0.351 e. The molecule has 0 saturated heterocycles. The second-order valence-corrected chi connectivity index (χ2v) is 6.59. The molecule has 0 spiro atoms. The highest BCUT2D eigenvalue weighted by atomic mass is 35.5. The number of hydrogen-bond acceptors (Lipinski definition) is 3. The van der Waals surface area contributed by atoms with Crippen molar-refractivity contribution in [2.45, 2.75) is 33.4 Å². The summed E-state index contributed by atoms with van der Waals surface area (Å²) in [4.78, 5) is 25.1. The number of nitrogens with one attached hydrogen (secondary N) is 2. The van der Waals surface area contributed by atoms with E-state index < -0.39 is 6.04 Å². The molecule has 0 fully saturated rings. The molecule has 0 aliphatic carbocycles. The van der Waals surface area contributed by atoms with Gasteiger partial charge >= 0.3 is 6.03 Å². The van der Waals surface area contributed by atoms with Crippen molar-refractivity contribution in [3.8, 4) is 0 Å². The Morgan fingerprint density at radius 1 is 1.26 bits per heavy atom. The molecule has 0 heterocycles. The average Bonchev–Trinajstić information content (AvgIpc) is 2.43. The number of benzene rings is 1. The van der Waals surface area contributed by atoms with Gasteiger partial charge in [-0.1, -0.05) is 32.9 Å². The molecule has 3 amide bonds. The fourth-order valence-corrected chi connectivity index (χ4v) is 1.69. The van der Waals surface area contributed by atoms with Gasteiger partial charge in [0.05, 0.1) is 6.04 Å². The van der Waals surface area contributed by atoms with Crippen LogP contribution < -0.4 is 16.4 Å². The number of amides is 3. The van der Waals surface area contributed by atoms with Crippen LogP contribution in [0.1, 0.15) is 26.3 Å². The van der Waals surface area contributed by atoms with Crippen LogP contribution in [0, 0.1) is 5.41 Å². The van der Waals surface area contributed by atoms with Crippen LogP contribution in [0.5, 0.6) is 0 Å². The Morgan fingerprint density at radius 2 is 1.87 bits per heavy atom. The van der Waals surface area contributed by atoms with Gasteiger partial charge in [-0.3, -0.25) is 4.79 Å². The minimum atomic E-state index is -0.566. The van der Waals surface area contributed by atoms with Crippen molar-refractivity contribution in [3.05, 3.63) is 29.8 Å². The lowest BCUT2D eigenvalue weighted by molar-refractivity contribution is -0.124. The van der Waals surface area contributed by atoms with E-state index in [-0.39, 0.29) is 29.8 Å². The monoisotopic (exact) mass is 342 g/mol. The van der Waals surface area contributed by atoms with Gasteiger partial charge in [-0.15, -0.1) is 12.4 Å². The maximum Gasteiger partial charge on any atom is 0.321 e. The van der Waals surface area contributed by atoms with E-state index in [0.717, 1.165) is 5.56 Å². The van der Waals surface area contributed by atoms with E-state index in [1.54, 1.807) is 20.2 Å². The van der Waals surface area contributed by atoms with Crippen LogP contribution in [0.4, 0.5) is 10.5 Å². The smallest absolute Gasteiger partial charge is 0.321 e. The zero-order chi connectivity index (χ0) is 16.9. The lowest BCUT2D eigenvalue weighted by Gasteiger charge is -2.25. The Bertz CT molecular complexity index is 541. The number of nitrogens with zero attached hydrogens (tertiary/aromatic N) is 1. The summed E-state index contributed by atoms with van der Waals surface area (Å²) in [6.07, 6.45) is 0. The van der Waals surface area contributed by atoms with Gasteiger partial charge in [-0.25, -0.2) is 4.79 Å². The number of carbonyl (C=O) groups excluding carboxylic acids is 2. The molecule has 0 aromatic heterocycles. The number of hydrogen-bond donors (Lipinski definition) is 3. The molecule has 1 aromatic carbocycles. The molecule has 0 bridgehead atoms. The number of nitrogens with two attached hydrogens (primary N) is 1. The van der Waals surface area contributed by atoms with Crippen molar-refractivity contribution in [2.24, 2.45) is 11.1 Å². The van der Waals surface area contributed by atoms with Crippen LogP contribution >= 0.6 is 12.4 Å². The van der Waals surface area contributed by atoms with Crippen molar-refractivity contribution < 1.29 is 9.59 Å². The summed E-state index contributed by atoms with van der Waals surface area (Å²) >= 11 is 0. The van der Waals surface area contributed by atoms with Crippen LogP contribution in [-0.2, 0) is 11.3 Å². The summed E-state index contributed by atoms with van der Waals surface area (Å²) in [5.41, 5.74) is 7.21. The molecule has 6 nitrogen and oxygen atoms in total. The molecule has 7 heteroatoms. The summed E-state index contributed by atoms with van der Waals surface area (Å²) in [6, 6.07) is 6.57. The standard InChI is InChI=1S/C16H26N4O2.ClH/c1-16(2,3)13(17)14(21)18-10-11-7-6-8-12(9-11)19-15(22)20(4)5;/h6-9,13H,10,17H2,1-5H3,(H,18,21)(H,19,22);1H/t13-;/m1./s1. The lowest BCUT2D eigenvalue weighted by Crippen LogP contribution is -2.48. The average molecular weight is 343 g/mol. The summed E-state index contributed by atoms with van der Waals surface area (Å²) in [5, 5.41) is 5.59. The number of halogens is 1. The first-order valence-electron chi connectivity index (χ1n) is 7.22. The van der Waals surface area contributed by atoms with Crippen molar-refractivity contribution in [1.82, 2.24) is 10.2 Å². The molecule has 23 heavy (non-hydrogen) atoms. The highest BCUT2D eigenvalue weighted by Gasteiger charge is 2.27. The van der Waals surface area contributed by atoms with E-state index in [1.165, 1.54) is 4.90 Å². The maximum atomic E-state index is 12.0. The maximum absolute atomic E-state index is 12.0. The quantitative estimate of drug-likeness (QED) is 0.783. The summed E-state index contributed by atoms with van der Waals surface area (Å²) in [5.74, 6) is -0.185. The predicted octanol–water partition coefficient (Wildman–Crippen LogP) is 2.19. The molecule has 1 aromatic rings. The number of urea groups is 1. The van der Waals surface area contributed by atoms with Crippen molar-refractivity contribution in [2.75, 3.05) is 19.4 Å². The summed E-state index contributed by atoms with van der Waals surface area (Å²) < 4.78 is 0. The molecule has 0 aliphatic rings. The summed E-state index contributed by atoms with van der Waals surface area (Å²) in [6.45, 7) is 6.15. The van der Waals surface area contributed by atoms with Crippen molar-refractivity contribution >= 4 is 30.0 Å². The van der Waals surface area contributed by atoms with Gasteiger partial charge < -0.3 is 21.3 Å². The Labute approximate surface area is 144 Å². The minimum Gasteiger partial charge on any atom is -0.351 e. The zero-order valence-corrected chi connectivity index (χ0v) is 15.2. The van der Waals surface area contributed by atoms with E-state index in [2.05, 4.69) is 10.6 Å². The highest BCUT2D eigenvalue weighted by molar-refractivity contribution is 5.89. The van der Waals surface area contributed by atoms with E-state index in [0.29, 0.717) is 12.2 Å². The first-order chi connectivity index (χ1) is 10.1. The van der Waals surface area contributed by atoms with E-state index in [4.69, 9.17) is 5.73 Å². The SMILES string of the molecule is CN(C)C(=O)Nc1cccc(CNC(=O)[C@@H](N)C(C)(C)C)c1.Cl. The Balaban J connectivity index is 0.00000484. The van der Waals surface area contributed by atoms with E-state index in [9.17, 15) is 9.59 Å². The van der Waals surface area contributed by atoms with Crippen LogP contribution in [0.15, 0.2) is 24.3 Å². The second-order valence-electron chi connectivity index (χ2n) is 6.59. The Kier molecular flexibility index (Phi) is 8.06. The minimum absolute atomic E-state index is 0. The molecular weight excluding hydrogens is 316 g/mol. The van der Waals surface area contributed by atoms with Crippen LogP contribution in [0.2, 0.25) is 0 Å². The molecule has 0 radical (unpaired) electrons. The first kappa shape index (κ1) is 21.2. The van der Waals surface area contributed by atoms with Gasteiger partial charge in [-0.2, -0.15) is 0 Å². The zero-order valence-electron chi connectivity index (χ0n) is 14.3. The van der Waals surface area contributed by atoms with Gasteiger partial charge in [0.15, 0.2) is 0 Å². The van der Waals surface area contributed by atoms with Crippen molar-refractivity contribution in [3.63, 3.8) is 0 Å². The van der Waals surface area contributed by atoms with E-state index >= 15 is 0 Å². The third-order valence-corrected chi connectivity index (χ3v) is 3.27. The molecule has 1 rings (SSSR count).